The number of carbonyl (C=O) groups excluding carboxylic acids is 2. The van der Waals surface area contributed by atoms with E-state index < -0.39 is 17.7 Å². The van der Waals surface area contributed by atoms with E-state index in [9.17, 15) is 14.7 Å². The second-order valence-electron chi connectivity index (χ2n) is 8.73. The zero-order chi connectivity index (χ0) is 25.3. The van der Waals surface area contributed by atoms with Crippen molar-refractivity contribution in [3.8, 4) is 0 Å². The zero-order valence-corrected chi connectivity index (χ0v) is 21.1. The normalized spacial score (nSPS) is 17.2. The molecule has 0 radical (unpaired) electrons. The summed E-state index contributed by atoms with van der Waals surface area (Å²) in [5.41, 5.74) is 4.72. The molecule has 5 nitrogen and oxygen atoms in total. The lowest BCUT2D eigenvalue weighted by Gasteiger charge is -2.27. The number of halogens is 1. The Hall–Kier alpha value is -3.57. The number of Topliss-reactive ketones (excluding diaryl/α,β-unsaturated/α-hetero) is 1. The maximum atomic E-state index is 13.4. The predicted molar refractivity (Wildman–Crippen MR) is 142 cm³/mol. The van der Waals surface area contributed by atoms with Crippen LogP contribution in [0.15, 0.2) is 72.3 Å². The van der Waals surface area contributed by atoms with Crippen molar-refractivity contribution in [2.75, 3.05) is 22.9 Å². The molecule has 0 spiro atoms. The van der Waals surface area contributed by atoms with Crippen LogP contribution in [0.2, 0.25) is 5.02 Å². The van der Waals surface area contributed by atoms with Crippen molar-refractivity contribution >= 4 is 40.4 Å². The van der Waals surface area contributed by atoms with Crippen LogP contribution in [0, 0.1) is 13.8 Å². The van der Waals surface area contributed by atoms with Gasteiger partial charge in [0.05, 0.1) is 11.6 Å². The number of amides is 1. The summed E-state index contributed by atoms with van der Waals surface area (Å²) in [4.78, 5) is 30.4. The Labute approximate surface area is 211 Å². The number of hydrogen-bond donors (Lipinski definition) is 1. The number of aryl methyl sites for hydroxylation is 2. The van der Waals surface area contributed by atoms with Gasteiger partial charge in [-0.15, -0.1) is 0 Å². The second-order valence-corrected chi connectivity index (χ2v) is 9.16. The minimum absolute atomic E-state index is 0.0780. The van der Waals surface area contributed by atoms with Gasteiger partial charge >= 0.3 is 0 Å². The number of nitrogens with zero attached hydrogens (tertiary/aromatic N) is 2. The maximum absolute atomic E-state index is 13.4. The molecule has 1 heterocycles. The second kappa shape index (κ2) is 9.96. The fraction of sp³-hybridized carbons (Fsp3) is 0.241. The average Bonchev–Trinajstić information content (AvgIpc) is 3.12. The summed E-state index contributed by atoms with van der Waals surface area (Å²) in [6.45, 7) is 9.72. The fourth-order valence-electron chi connectivity index (χ4n) is 4.61. The van der Waals surface area contributed by atoms with E-state index in [4.69, 9.17) is 11.6 Å². The van der Waals surface area contributed by atoms with E-state index >= 15 is 0 Å². The van der Waals surface area contributed by atoms with Crippen LogP contribution in [-0.2, 0) is 9.59 Å². The molecule has 0 aliphatic carbocycles. The van der Waals surface area contributed by atoms with Crippen LogP contribution >= 0.6 is 11.6 Å². The van der Waals surface area contributed by atoms with Gasteiger partial charge in [0.15, 0.2) is 0 Å². The van der Waals surface area contributed by atoms with Gasteiger partial charge in [0.1, 0.15) is 5.76 Å². The molecule has 0 bridgehead atoms. The third kappa shape index (κ3) is 4.56. The summed E-state index contributed by atoms with van der Waals surface area (Å²) in [5, 5.41) is 12.0. The maximum Gasteiger partial charge on any atom is 0.300 e. The Balaban J connectivity index is 1.92. The molecule has 4 rings (SSSR count). The lowest BCUT2D eigenvalue weighted by molar-refractivity contribution is -0.132. The van der Waals surface area contributed by atoms with E-state index in [-0.39, 0.29) is 11.3 Å². The van der Waals surface area contributed by atoms with Gasteiger partial charge in [-0.05, 0) is 81.3 Å². The number of rotatable bonds is 6. The van der Waals surface area contributed by atoms with E-state index in [0.29, 0.717) is 16.3 Å². The van der Waals surface area contributed by atoms with Gasteiger partial charge in [0.25, 0.3) is 11.7 Å². The first-order valence-electron chi connectivity index (χ1n) is 11.8. The van der Waals surface area contributed by atoms with Gasteiger partial charge in [-0.2, -0.15) is 0 Å². The number of benzene rings is 3. The fourth-order valence-corrected chi connectivity index (χ4v) is 4.73. The summed E-state index contributed by atoms with van der Waals surface area (Å²) in [6, 6.07) is 19.5. The average molecular weight is 489 g/mol. The van der Waals surface area contributed by atoms with Crippen LogP contribution in [0.4, 0.5) is 11.4 Å². The smallest absolute Gasteiger partial charge is 0.300 e. The molecule has 1 aliphatic heterocycles. The van der Waals surface area contributed by atoms with Crippen LogP contribution in [0.1, 0.15) is 42.1 Å². The molecular weight excluding hydrogens is 460 g/mol. The first-order valence-corrected chi connectivity index (χ1v) is 12.1. The van der Waals surface area contributed by atoms with Gasteiger partial charge in [0.2, 0.25) is 0 Å². The molecule has 1 unspecified atom stereocenters. The number of aliphatic hydroxyl groups is 1. The summed E-state index contributed by atoms with van der Waals surface area (Å²) >= 11 is 6.08. The zero-order valence-electron chi connectivity index (χ0n) is 20.4. The van der Waals surface area contributed by atoms with E-state index in [1.54, 1.807) is 24.3 Å². The van der Waals surface area contributed by atoms with Crippen LogP contribution in [-0.4, -0.2) is 29.9 Å². The Morgan fingerprint density at radius 3 is 2.17 bits per heavy atom. The Kier molecular flexibility index (Phi) is 6.99. The van der Waals surface area contributed by atoms with Crippen molar-refractivity contribution in [1.29, 1.82) is 0 Å². The molecule has 6 heteroatoms. The first-order chi connectivity index (χ1) is 16.8. The SMILES string of the molecule is CCN(CC)c1ccc(C2/C(=C(\O)c3cc(C)ccc3C)C(=O)C(=O)N2c2ccc(Cl)cc2)cc1. The Morgan fingerprint density at radius 2 is 1.57 bits per heavy atom. The quantitative estimate of drug-likeness (QED) is 0.247. The highest BCUT2D eigenvalue weighted by molar-refractivity contribution is 6.51. The lowest BCUT2D eigenvalue weighted by atomic mass is 9.93. The molecule has 35 heavy (non-hydrogen) atoms. The first kappa shape index (κ1) is 24.6. The lowest BCUT2D eigenvalue weighted by Crippen LogP contribution is -2.29. The van der Waals surface area contributed by atoms with E-state index in [2.05, 4.69) is 18.7 Å². The molecule has 1 fully saturated rings. The van der Waals surface area contributed by atoms with Crippen LogP contribution in [0.3, 0.4) is 0 Å². The third-order valence-corrected chi connectivity index (χ3v) is 6.79. The number of anilines is 2. The van der Waals surface area contributed by atoms with Gasteiger partial charge in [-0.3, -0.25) is 14.5 Å². The van der Waals surface area contributed by atoms with Gasteiger partial charge in [-0.25, -0.2) is 0 Å². The van der Waals surface area contributed by atoms with Crippen LogP contribution in [0.25, 0.3) is 5.76 Å². The van der Waals surface area contributed by atoms with Crippen molar-refractivity contribution < 1.29 is 14.7 Å². The minimum Gasteiger partial charge on any atom is -0.507 e. The molecular formula is C29H29ClN2O3. The Bertz CT molecular complexity index is 1290. The summed E-state index contributed by atoms with van der Waals surface area (Å²) in [6.07, 6.45) is 0. The van der Waals surface area contributed by atoms with E-state index in [1.807, 2.05) is 56.3 Å². The highest BCUT2D eigenvalue weighted by Gasteiger charge is 2.47. The highest BCUT2D eigenvalue weighted by Crippen LogP contribution is 2.43. The number of hydrogen-bond acceptors (Lipinski definition) is 4. The molecule has 3 aromatic carbocycles. The largest absolute Gasteiger partial charge is 0.507 e. The monoisotopic (exact) mass is 488 g/mol. The van der Waals surface area contributed by atoms with Gasteiger partial charge in [0, 0.05) is 35.1 Å². The number of aliphatic hydroxyl groups excluding tert-OH is 1. The Morgan fingerprint density at radius 1 is 0.943 bits per heavy atom. The minimum atomic E-state index is -0.776. The van der Waals surface area contributed by atoms with Crippen molar-refractivity contribution in [2.24, 2.45) is 0 Å². The predicted octanol–water partition coefficient (Wildman–Crippen LogP) is 6.43. The van der Waals surface area contributed by atoms with Gasteiger partial charge in [-0.1, -0.05) is 41.4 Å². The molecule has 1 aliphatic rings. The summed E-state index contributed by atoms with van der Waals surface area (Å²) in [5.74, 6) is -1.56. The molecule has 3 aromatic rings. The summed E-state index contributed by atoms with van der Waals surface area (Å²) < 4.78 is 0. The van der Waals surface area contributed by atoms with E-state index in [1.165, 1.54) is 4.90 Å². The topological polar surface area (TPSA) is 60.9 Å². The van der Waals surface area contributed by atoms with Crippen molar-refractivity contribution in [1.82, 2.24) is 0 Å². The number of ketones is 1. The summed E-state index contributed by atoms with van der Waals surface area (Å²) in [7, 11) is 0. The molecule has 180 valence electrons. The third-order valence-electron chi connectivity index (χ3n) is 6.53. The van der Waals surface area contributed by atoms with Crippen LogP contribution in [0.5, 0.6) is 0 Å². The molecule has 0 saturated carbocycles. The molecule has 0 aromatic heterocycles. The van der Waals surface area contributed by atoms with Crippen molar-refractivity contribution in [3.05, 3.63) is 99.6 Å². The number of carbonyl (C=O) groups is 2. The molecule has 1 amide bonds. The van der Waals surface area contributed by atoms with Crippen LogP contribution < -0.4 is 9.80 Å². The highest BCUT2D eigenvalue weighted by atomic mass is 35.5. The van der Waals surface area contributed by atoms with E-state index in [0.717, 1.165) is 35.5 Å². The van der Waals surface area contributed by atoms with Gasteiger partial charge < -0.3 is 10.0 Å². The molecule has 1 atom stereocenters. The van der Waals surface area contributed by atoms with Crippen molar-refractivity contribution in [2.45, 2.75) is 33.7 Å². The molecule has 1 N–H and O–H groups in total. The standard InChI is InChI=1S/C29H29ClN2O3/c1-5-31(6-2)22-13-9-20(10-14-22)26-25(27(33)24-17-18(3)7-8-19(24)4)28(34)29(35)32(26)23-15-11-21(30)12-16-23/h7-17,26,33H,5-6H2,1-4H3/b27-25+. The molecule has 1 saturated heterocycles. The van der Waals surface area contributed by atoms with Crippen molar-refractivity contribution in [3.63, 3.8) is 0 Å².